The Balaban J connectivity index is 2.41. The molecule has 0 aliphatic rings. The monoisotopic (exact) mass is 432 g/mol. The van der Waals surface area contributed by atoms with Gasteiger partial charge in [-0.05, 0) is 51.8 Å². The summed E-state index contributed by atoms with van der Waals surface area (Å²) in [6.07, 6.45) is 0. The maximum absolute atomic E-state index is 12.9. The first kappa shape index (κ1) is 23.9. The van der Waals surface area contributed by atoms with Crippen molar-refractivity contribution in [2.24, 2.45) is 0 Å². The van der Waals surface area contributed by atoms with Crippen molar-refractivity contribution in [1.82, 2.24) is 14.7 Å². The molecule has 0 aliphatic carbocycles. The number of nitrogens with zero attached hydrogens (tertiary/aromatic N) is 3. The zero-order valence-corrected chi connectivity index (χ0v) is 20.0. The van der Waals surface area contributed by atoms with E-state index in [0.717, 1.165) is 22.5 Å². The molecule has 0 spiro atoms. The third-order valence-electron chi connectivity index (χ3n) is 5.11. The minimum Gasteiger partial charge on any atom is -0.330 e. The minimum absolute atomic E-state index is 0.0730. The van der Waals surface area contributed by atoms with Gasteiger partial charge >= 0.3 is 0 Å². The lowest BCUT2D eigenvalue weighted by molar-refractivity contribution is -0.135. The first-order valence-corrected chi connectivity index (χ1v) is 10.7. The Kier molecular flexibility index (Phi) is 7.35. The van der Waals surface area contributed by atoms with Gasteiger partial charge in [0.1, 0.15) is 17.7 Å². The van der Waals surface area contributed by atoms with Gasteiger partial charge in [0.2, 0.25) is 11.8 Å². The minimum atomic E-state index is -0.687. The number of alkyl halides is 1. The van der Waals surface area contributed by atoms with Crippen molar-refractivity contribution in [1.29, 1.82) is 0 Å². The van der Waals surface area contributed by atoms with Crippen LogP contribution in [0.4, 0.5) is 5.82 Å². The molecule has 1 aromatic carbocycles. The number of hydrogen-bond donors (Lipinski definition) is 1. The van der Waals surface area contributed by atoms with Crippen molar-refractivity contribution in [3.05, 3.63) is 41.1 Å². The standard InChI is InChI=1S/C23H33ClN4O2/c1-14(2)27(22(30)17(5)24)13-21(29)25-20-12-19(23(6,7)8)26-28(20)18-11-9-10-15(3)16(18)4/h9-12,14,17H,13H2,1-8H3,(H,25,29). The number of rotatable bonds is 6. The molecule has 1 atom stereocenters. The Bertz CT molecular complexity index is 926. The molecule has 0 aliphatic heterocycles. The van der Waals surface area contributed by atoms with E-state index >= 15 is 0 Å². The van der Waals surface area contributed by atoms with Gasteiger partial charge in [0, 0.05) is 17.5 Å². The molecule has 1 unspecified atom stereocenters. The number of amides is 2. The number of aryl methyl sites for hydroxylation is 1. The number of carbonyl (C=O) groups is 2. The SMILES string of the molecule is Cc1cccc(-n2nc(C(C)(C)C)cc2NC(=O)CN(C(=O)C(C)Cl)C(C)C)c1C. The van der Waals surface area contributed by atoms with Crippen LogP contribution in [0.3, 0.4) is 0 Å². The van der Waals surface area contributed by atoms with Crippen LogP contribution in [0.1, 0.15) is 58.4 Å². The molecule has 2 amide bonds. The Labute approximate surface area is 184 Å². The molecule has 164 valence electrons. The lowest BCUT2D eigenvalue weighted by atomic mass is 9.92. The summed E-state index contributed by atoms with van der Waals surface area (Å²) in [5.41, 5.74) is 3.82. The number of anilines is 1. The van der Waals surface area contributed by atoms with Crippen molar-refractivity contribution in [3.63, 3.8) is 0 Å². The molecule has 0 bridgehead atoms. The average molecular weight is 433 g/mol. The lowest BCUT2D eigenvalue weighted by Gasteiger charge is -2.27. The first-order chi connectivity index (χ1) is 13.8. The van der Waals surface area contributed by atoms with Gasteiger partial charge in [-0.25, -0.2) is 4.68 Å². The van der Waals surface area contributed by atoms with E-state index in [9.17, 15) is 9.59 Å². The van der Waals surface area contributed by atoms with Crippen LogP contribution in [0.15, 0.2) is 24.3 Å². The fourth-order valence-electron chi connectivity index (χ4n) is 3.07. The highest BCUT2D eigenvalue weighted by Gasteiger charge is 2.26. The predicted octanol–water partition coefficient (Wildman–Crippen LogP) is 4.59. The Morgan fingerprint density at radius 1 is 1.20 bits per heavy atom. The van der Waals surface area contributed by atoms with E-state index in [2.05, 4.69) is 26.1 Å². The van der Waals surface area contributed by atoms with E-state index in [1.54, 1.807) is 11.6 Å². The summed E-state index contributed by atoms with van der Waals surface area (Å²) >= 11 is 5.96. The first-order valence-electron chi connectivity index (χ1n) is 10.2. The molecule has 7 heteroatoms. The van der Waals surface area contributed by atoms with Crippen molar-refractivity contribution < 1.29 is 9.59 Å². The number of hydrogen-bond acceptors (Lipinski definition) is 3. The Morgan fingerprint density at radius 3 is 2.37 bits per heavy atom. The Hall–Kier alpha value is -2.34. The third-order valence-corrected chi connectivity index (χ3v) is 5.30. The molecule has 0 saturated heterocycles. The summed E-state index contributed by atoms with van der Waals surface area (Å²) in [5, 5.41) is 7.05. The van der Waals surface area contributed by atoms with E-state index in [0.29, 0.717) is 5.82 Å². The van der Waals surface area contributed by atoms with Gasteiger partial charge in [-0.3, -0.25) is 9.59 Å². The fourth-order valence-corrected chi connectivity index (χ4v) is 3.19. The number of nitrogens with one attached hydrogen (secondary N) is 1. The number of aromatic nitrogens is 2. The van der Waals surface area contributed by atoms with E-state index in [1.165, 1.54) is 4.90 Å². The quantitative estimate of drug-likeness (QED) is 0.679. The van der Waals surface area contributed by atoms with Gasteiger partial charge < -0.3 is 10.2 Å². The number of carbonyl (C=O) groups excluding carboxylic acids is 2. The average Bonchev–Trinajstić information content (AvgIpc) is 3.05. The van der Waals surface area contributed by atoms with Crippen LogP contribution in [0.5, 0.6) is 0 Å². The van der Waals surface area contributed by atoms with Crippen LogP contribution < -0.4 is 5.32 Å². The fraction of sp³-hybridized carbons (Fsp3) is 0.522. The van der Waals surface area contributed by atoms with Gasteiger partial charge in [0.15, 0.2) is 0 Å². The van der Waals surface area contributed by atoms with Crippen molar-refractivity contribution in [2.45, 2.75) is 72.2 Å². The van der Waals surface area contributed by atoms with Crippen LogP contribution in [0.25, 0.3) is 5.69 Å². The molecule has 1 aromatic heterocycles. The van der Waals surface area contributed by atoms with E-state index in [4.69, 9.17) is 16.7 Å². The molecule has 2 rings (SSSR count). The van der Waals surface area contributed by atoms with Crippen LogP contribution in [0, 0.1) is 13.8 Å². The van der Waals surface area contributed by atoms with Crippen LogP contribution in [-0.2, 0) is 15.0 Å². The van der Waals surface area contributed by atoms with E-state index in [1.807, 2.05) is 52.0 Å². The topological polar surface area (TPSA) is 67.2 Å². The van der Waals surface area contributed by atoms with Crippen molar-refractivity contribution in [2.75, 3.05) is 11.9 Å². The molecule has 30 heavy (non-hydrogen) atoms. The summed E-state index contributed by atoms with van der Waals surface area (Å²) in [6.45, 7) is 15.6. The zero-order chi connectivity index (χ0) is 22.8. The van der Waals surface area contributed by atoms with Crippen LogP contribution in [0.2, 0.25) is 0 Å². The summed E-state index contributed by atoms with van der Waals surface area (Å²) in [7, 11) is 0. The van der Waals surface area contributed by atoms with E-state index in [-0.39, 0.29) is 29.8 Å². The molecule has 1 N–H and O–H groups in total. The van der Waals surface area contributed by atoms with Gasteiger partial charge in [-0.15, -0.1) is 11.6 Å². The molecule has 0 radical (unpaired) electrons. The summed E-state index contributed by atoms with van der Waals surface area (Å²) in [4.78, 5) is 26.7. The highest BCUT2D eigenvalue weighted by atomic mass is 35.5. The highest BCUT2D eigenvalue weighted by Crippen LogP contribution is 2.28. The lowest BCUT2D eigenvalue weighted by Crippen LogP contribution is -2.45. The molecule has 1 heterocycles. The summed E-state index contributed by atoms with van der Waals surface area (Å²) in [6, 6.07) is 7.76. The van der Waals surface area contributed by atoms with Gasteiger partial charge in [0.25, 0.3) is 0 Å². The zero-order valence-electron chi connectivity index (χ0n) is 19.2. The van der Waals surface area contributed by atoms with Gasteiger partial charge in [-0.1, -0.05) is 32.9 Å². The second-order valence-electron chi connectivity index (χ2n) is 9.02. The maximum atomic E-state index is 12.9. The summed E-state index contributed by atoms with van der Waals surface area (Å²) < 4.78 is 1.77. The normalized spacial score (nSPS) is 12.7. The van der Waals surface area contributed by atoms with Crippen LogP contribution >= 0.6 is 11.6 Å². The molecule has 6 nitrogen and oxygen atoms in total. The predicted molar refractivity (Wildman–Crippen MR) is 123 cm³/mol. The van der Waals surface area contributed by atoms with Gasteiger partial charge in [-0.2, -0.15) is 5.10 Å². The van der Waals surface area contributed by atoms with Crippen LogP contribution in [-0.4, -0.2) is 44.5 Å². The molecular formula is C23H33ClN4O2. The number of benzene rings is 1. The smallest absolute Gasteiger partial charge is 0.245 e. The molecule has 0 saturated carbocycles. The largest absolute Gasteiger partial charge is 0.330 e. The second-order valence-corrected chi connectivity index (χ2v) is 9.67. The molecule has 0 fully saturated rings. The van der Waals surface area contributed by atoms with Crippen molar-refractivity contribution >= 4 is 29.2 Å². The number of halogens is 1. The maximum Gasteiger partial charge on any atom is 0.245 e. The van der Waals surface area contributed by atoms with Crippen molar-refractivity contribution in [3.8, 4) is 5.69 Å². The third kappa shape index (κ3) is 5.42. The van der Waals surface area contributed by atoms with Gasteiger partial charge in [0.05, 0.1) is 11.4 Å². The second kappa shape index (κ2) is 9.21. The summed E-state index contributed by atoms with van der Waals surface area (Å²) in [5.74, 6) is 0.0233. The molecule has 2 aromatic rings. The Morgan fingerprint density at radius 2 is 1.83 bits per heavy atom. The highest BCUT2D eigenvalue weighted by molar-refractivity contribution is 6.30. The molecular weight excluding hydrogens is 400 g/mol. The van der Waals surface area contributed by atoms with E-state index < -0.39 is 5.38 Å².